The summed E-state index contributed by atoms with van der Waals surface area (Å²) in [5.41, 5.74) is 2.03. The monoisotopic (exact) mass is 243 g/mol. The molecule has 0 bridgehead atoms. The average Bonchev–Trinajstić information content (AvgIpc) is 2.46. The van der Waals surface area contributed by atoms with Crippen LogP contribution >= 0.6 is 0 Å². The fourth-order valence-corrected chi connectivity index (χ4v) is 1.67. The van der Waals surface area contributed by atoms with Gasteiger partial charge in [-0.2, -0.15) is 0 Å². The third-order valence-corrected chi connectivity index (χ3v) is 2.79. The molecular weight excluding hydrogens is 226 g/mol. The number of aliphatic hydroxyl groups excluding tert-OH is 1. The number of likely N-dealkylation sites (N-methyl/N-ethyl adjacent to an activating group) is 1. The van der Waals surface area contributed by atoms with Crippen LogP contribution in [0.5, 0.6) is 0 Å². The number of hydrogen-bond donors (Lipinski definition) is 1. The van der Waals surface area contributed by atoms with Gasteiger partial charge in [-0.15, -0.1) is 0 Å². The highest BCUT2D eigenvalue weighted by Gasteiger charge is 2.04. The molecule has 4 heteroatoms. The van der Waals surface area contributed by atoms with Gasteiger partial charge in [-0.3, -0.25) is 0 Å². The first kappa shape index (κ1) is 12.5. The summed E-state index contributed by atoms with van der Waals surface area (Å²) in [6.07, 6.45) is 4.27. The van der Waals surface area contributed by atoms with Crippen LogP contribution in [-0.4, -0.2) is 28.7 Å². The minimum absolute atomic E-state index is 0.0198. The van der Waals surface area contributed by atoms with Crippen molar-refractivity contribution in [1.82, 2.24) is 9.97 Å². The second-order valence-corrected chi connectivity index (χ2v) is 4.21. The molecule has 2 rings (SSSR count). The summed E-state index contributed by atoms with van der Waals surface area (Å²) >= 11 is 0. The lowest BCUT2D eigenvalue weighted by molar-refractivity contribution is 0.281. The predicted octanol–water partition coefficient (Wildman–Crippen LogP) is 1.65. The highest BCUT2D eigenvalue weighted by molar-refractivity contribution is 5.29. The maximum absolute atomic E-state index is 8.93. The number of rotatable bonds is 5. The van der Waals surface area contributed by atoms with Crippen LogP contribution in [0.2, 0.25) is 0 Å². The lowest BCUT2D eigenvalue weighted by Crippen LogP contribution is -2.22. The number of nitrogens with zero attached hydrogens (tertiary/aromatic N) is 3. The van der Waals surface area contributed by atoms with Gasteiger partial charge in [0.05, 0.1) is 6.61 Å². The topological polar surface area (TPSA) is 49.2 Å². The van der Waals surface area contributed by atoms with Gasteiger partial charge < -0.3 is 10.0 Å². The van der Waals surface area contributed by atoms with Crippen molar-refractivity contribution in [2.75, 3.05) is 18.5 Å². The van der Waals surface area contributed by atoms with Crippen LogP contribution in [-0.2, 0) is 13.0 Å². The average molecular weight is 243 g/mol. The molecule has 2 aromatic rings. The van der Waals surface area contributed by atoms with Crippen LogP contribution in [0, 0.1) is 0 Å². The Kier molecular flexibility index (Phi) is 4.25. The first-order valence-electron chi connectivity index (χ1n) is 5.96. The van der Waals surface area contributed by atoms with Gasteiger partial charge in [0, 0.05) is 31.5 Å². The molecule has 94 valence electrons. The van der Waals surface area contributed by atoms with E-state index in [4.69, 9.17) is 5.11 Å². The first-order valence-corrected chi connectivity index (χ1v) is 5.96. The van der Waals surface area contributed by atoms with Crippen molar-refractivity contribution in [2.45, 2.75) is 13.0 Å². The Bertz CT molecular complexity index is 470. The SMILES string of the molecule is CN(CCc1ccccc1)c1ncc(CO)cn1. The predicted molar refractivity (Wildman–Crippen MR) is 71.4 cm³/mol. The highest BCUT2D eigenvalue weighted by Crippen LogP contribution is 2.07. The van der Waals surface area contributed by atoms with E-state index in [1.54, 1.807) is 12.4 Å². The number of anilines is 1. The van der Waals surface area contributed by atoms with Gasteiger partial charge in [-0.25, -0.2) is 9.97 Å². The molecule has 0 aliphatic rings. The summed E-state index contributed by atoms with van der Waals surface area (Å²) in [7, 11) is 1.97. The van der Waals surface area contributed by atoms with E-state index < -0.39 is 0 Å². The van der Waals surface area contributed by atoms with E-state index in [2.05, 4.69) is 22.1 Å². The Balaban J connectivity index is 1.93. The Hall–Kier alpha value is -1.94. The van der Waals surface area contributed by atoms with Crippen LogP contribution in [0.4, 0.5) is 5.95 Å². The number of aromatic nitrogens is 2. The van der Waals surface area contributed by atoms with Gasteiger partial charge in [0.25, 0.3) is 0 Å². The van der Waals surface area contributed by atoms with E-state index in [9.17, 15) is 0 Å². The van der Waals surface area contributed by atoms with E-state index in [1.807, 2.05) is 30.1 Å². The largest absolute Gasteiger partial charge is 0.392 e. The fourth-order valence-electron chi connectivity index (χ4n) is 1.67. The van der Waals surface area contributed by atoms with E-state index in [0.717, 1.165) is 18.5 Å². The zero-order chi connectivity index (χ0) is 12.8. The van der Waals surface area contributed by atoms with Crippen molar-refractivity contribution >= 4 is 5.95 Å². The highest BCUT2D eigenvalue weighted by atomic mass is 16.3. The van der Waals surface area contributed by atoms with Crippen molar-refractivity contribution in [1.29, 1.82) is 0 Å². The van der Waals surface area contributed by atoms with Gasteiger partial charge in [0.15, 0.2) is 0 Å². The van der Waals surface area contributed by atoms with Crippen molar-refractivity contribution < 1.29 is 5.11 Å². The molecule has 0 atom stereocenters. The number of hydrogen-bond acceptors (Lipinski definition) is 4. The van der Waals surface area contributed by atoms with Crippen molar-refractivity contribution in [3.63, 3.8) is 0 Å². The van der Waals surface area contributed by atoms with Gasteiger partial charge >= 0.3 is 0 Å². The zero-order valence-corrected chi connectivity index (χ0v) is 10.5. The molecule has 1 heterocycles. The van der Waals surface area contributed by atoms with Crippen molar-refractivity contribution in [3.8, 4) is 0 Å². The molecule has 0 saturated heterocycles. The van der Waals surface area contributed by atoms with Crippen LogP contribution in [0.3, 0.4) is 0 Å². The number of aliphatic hydroxyl groups is 1. The third kappa shape index (κ3) is 3.28. The zero-order valence-electron chi connectivity index (χ0n) is 10.5. The molecule has 0 fully saturated rings. The van der Waals surface area contributed by atoms with E-state index in [1.165, 1.54) is 5.56 Å². The summed E-state index contributed by atoms with van der Waals surface area (Å²) in [5, 5.41) is 8.93. The molecule has 0 saturated carbocycles. The molecule has 0 unspecified atom stereocenters. The molecule has 0 radical (unpaired) electrons. The third-order valence-electron chi connectivity index (χ3n) is 2.79. The molecule has 1 aromatic carbocycles. The molecule has 0 aliphatic carbocycles. The Labute approximate surface area is 107 Å². The summed E-state index contributed by atoms with van der Waals surface area (Å²) in [5.74, 6) is 0.683. The normalized spacial score (nSPS) is 10.3. The van der Waals surface area contributed by atoms with Crippen molar-refractivity contribution in [2.24, 2.45) is 0 Å². The first-order chi connectivity index (χ1) is 8.79. The Morgan fingerprint density at radius 3 is 2.33 bits per heavy atom. The molecule has 1 aromatic heterocycles. The van der Waals surface area contributed by atoms with E-state index in [-0.39, 0.29) is 6.61 Å². The number of benzene rings is 1. The Morgan fingerprint density at radius 1 is 1.06 bits per heavy atom. The van der Waals surface area contributed by atoms with Gasteiger partial charge in [0.1, 0.15) is 0 Å². The lowest BCUT2D eigenvalue weighted by atomic mass is 10.1. The summed E-state index contributed by atoms with van der Waals surface area (Å²) in [6, 6.07) is 10.3. The minimum Gasteiger partial charge on any atom is -0.392 e. The maximum atomic E-state index is 8.93. The van der Waals surface area contributed by atoms with Crippen LogP contribution in [0.1, 0.15) is 11.1 Å². The fraction of sp³-hybridized carbons (Fsp3) is 0.286. The van der Waals surface area contributed by atoms with E-state index in [0.29, 0.717) is 5.95 Å². The maximum Gasteiger partial charge on any atom is 0.225 e. The van der Waals surface area contributed by atoms with Gasteiger partial charge in [-0.1, -0.05) is 30.3 Å². The molecule has 18 heavy (non-hydrogen) atoms. The quantitative estimate of drug-likeness (QED) is 0.867. The smallest absolute Gasteiger partial charge is 0.225 e. The van der Waals surface area contributed by atoms with Crippen LogP contribution < -0.4 is 4.90 Å². The standard InChI is InChI=1S/C14H17N3O/c1-17(8-7-12-5-3-2-4-6-12)14-15-9-13(11-18)10-16-14/h2-6,9-10,18H,7-8,11H2,1H3. The van der Waals surface area contributed by atoms with Gasteiger partial charge in [0.2, 0.25) is 5.95 Å². The van der Waals surface area contributed by atoms with Crippen LogP contribution in [0.15, 0.2) is 42.7 Å². The van der Waals surface area contributed by atoms with Gasteiger partial charge in [-0.05, 0) is 12.0 Å². The summed E-state index contributed by atoms with van der Waals surface area (Å²) < 4.78 is 0. The summed E-state index contributed by atoms with van der Waals surface area (Å²) in [4.78, 5) is 10.4. The van der Waals surface area contributed by atoms with E-state index >= 15 is 0 Å². The second kappa shape index (κ2) is 6.12. The molecule has 0 aliphatic heterocycles. The van der Waals surface area contributed by atoms with Crippen molar-refractivity contribution in [3.05, 3.63) is 53.9 Å². The lowest BCUT2D eigenvalue weighted by Gasteiger charge is -2.16. The van der Waals surface area contributed by atoms with Crippen LogP contribution in [0.25, 0.3) is 0 Å². The summed E-state index contributed by atoms with van der Waals surface area (Å²) in [6.45, 7) is 0.844. The minimum atomic E-state index is -0.0198. The second-order valence-electron chi connectivity index (χ2n) is 4.21. The molecule has 0 spiro atoms. The molecule has 4 nitrogen and oxygen atoms in total. The Morgan fingerprint density at radius 2 is 1.72 bits per heavy atom. The molecular formula is C14H17N3O. The molecule has 0 amide bonds. The molecule has 1 N–H and O–H groups in total.